The van der Waals surface area contributed by atoms with Crippen LogP contribution in [-0.4, -0.2) is 5.54 Å². The van der Waals surface area contributed by atoms with Crippen molar-refractivity contribution in [1.82, 2.24) is 0 Å². The molecule has 76 valence electrons. The van der Waals surface area contributed by atoms with Gasteiger partial charge in [-0.3, -0.25) is 0 Å². The topological polar surface area (TPSA) is 49.8 Å². The third kappa shape index (κ3) is 2.12. The first-order valence-electron chi connectivity index (χ1n) is 4.80. The van der Waals surface area contributed by atoms with Crippen LogP contribution in [0.2, 0.25) is 0 Å². The molecule has 0 aromatic rings. The van der Waals surface area contributed by atoms with Crippen molar-refractivity contribution in [3.05, 3.63) is 37.0 Å². The number of nitrogens with two attached hydrogens (primary N) is 1. The average molecular weight is 190 g/mol. The maximum atomic E-state index is 8.89. The van der Waals surface area contributed by atoms with Gasteiger partial charge in [0.25, 0.3) is 0 Å². The van der Waals surface area contributed by atoms with Crippen molar-refractivity contribution in [1.29, 1.82) is 5.26 Å². The molecule has 2 nitrogen and oxygen atoms in total. The number of nitrogens with zero attached hydrogens (tertiary/aromatic N) is 1. The highest BCUT2D eigenvalue weighted by atomic mass is 14.8. The minimum Gasteiger partial charge on any atom is -0.313 e. The van der Waals surface area contributed by atoms with Gasteiger partial charge in [-0.05, 0) is 30.8 Å². The van der Waals surface area contributed by atoms with E-state index in [9.17, 15) is 0 Å². The number of hydrogen-bond donors (Lipinski definition) is 1. The Labute approximate surface area is 86.9 Å². The Bertz CT molecular complexity index is 314. The van der Waals surface area contributed by atoms with E-state index in [-0.39, 0.29) is 1.43 Å². The highest BCUT2D eigenvalue weighted by Crippen LogP contribution is 2.37. The lowest BCUT2D eigenvalue weighted by Crippen LogP contribution is -2.34. The van der Waals surface area contributed by atoms with Gasteiger partial charge in [-0.1, -0.05) is 31.4 Å². The highest BCUT2D eigenvalue weighted by Gasteiger charge is 2.36. The molecule has 0 aromatic heterocycles. The summed E-state index contributed by atoms with van der Waals surface area (Å²) in [6, 6.07) is 2.18. The van der Waals surface area contributed by atoms with Gasteiger partial charge < -0.3 is 5.73 Å². The SMILES string of the molecule is C=C/C=C(\C=C)C1CCC(N)(C#N)C1.[HH]. The summed E-state index contributed by atoms with van der Waals surface area (Å²) in [6.07, 6.45) is 8.00. The molecule has 0 spiro atoms. The second kappa shape index (κ2) is 4.26. The first-order chi connectivity index (χ1) is 6.65. The molecule has 2 heteroatoms. The van der Waals surface area contributed by atoms with E-state index in [2.05, 4.69) is 19.2 Å². The van der Waals surface area contributed by atoms with Crippen LogP contribution >= 0.6 is 0 Å². The van der Waals surface area contributed by atoms with E-state index >= 15 is 0 Å². The molecule has 2 atom stereocenters. The monoisotopic (exact) mass is 190 g/mol. The van der Waals surface area contributed by atoms with Crippen molar-refractivity contribution in [3.8, 4) is 6.07 Å². The molecule has 0 radical (unpaired) electrons. The maximum absolute atomic E-state index is 8.89. The molecule has 0 aliphatic heterocycles. The van der Waals surface area contributed by atoms with Crippen LogP contribution in [0.25, 0.3) is 0 Å². The average Bonchev–Trinajstić information content (AvgIpc) is 2.58. The van der Waals surface area contributed by atoms with Crippen molar-refractivity contribution in [2.45, 2.75) is 24.8 Å². The molecule has 0 aromatic carbocycles. The van der Waals surface area contributed by atoms with E-state index in [4.69, 9.17) is 11.0 Å². The van der Waals surface area contributed by atoms with Crippen molar-refractivity contribution >= 4 is 0 Å². The number of nitriles is 1. The molecule has 0 saturated heterocycles. The second-order valence-corrected chi connectivity index (χ2v) is 3.81. The Morgan fingerprint density at radius 3 is 2.79 bits per heavy atom. The minimum absolute atomic E-state index is 0. The Balaban J connectivity index is 0.00000196. The predicted molar refractivity (Wildman–Crippen MR) is 60.5 cm³/mol. The van der Waals surface area contributed by atoms with E-state index in [0.29, 0.717) is 5.92 Å². The summed E-state index contributed by atoms with van der Waals surface area (Å²) in [7, 11) is 0. The van der Waals surface area contributed by atoms with Crippen LogP contribution in [0.1, 0.15) is 20.7 Å². The lowest BCUT2D eigenvalue weighted by molar-refractivity contribution is 0.540. The third-order valence-corrected chi connectivity index (χ3v) is 2.79. The van der Waals surface area contributed by atoms with E-state index in [0.717, 1.165) is 24.8 Å². The fourth-order valence-corrected chi connectivity index (χ4v) is 1.97. The van der Waals surface area contributed by atoms with Gasteiger partial charge in [0.05, 0.1) is 6.07 Å². The number of hydrogen-bond acceptors (Lipinski definition) is 2. The van der Waals surface area contributed by atoms with Gasteiger partial charge in [-0.2, -0.15) is 5.26 Å². The van der Waals surface area contributed by atoms with Crippen LogP contribution in [-0.2, 0) is 0 Å². The zero-order valence-electron chi connectivity index (χ0n) is 8.37. The Morgan fingerprint density at radius 2 is 2.36 bits per heavy atom. The van der Waals surface area contributed by atoms with E-state index < -0.39 is 5.54 Å². The molecule has 1 saturated carbocycles. The Morgan fingerprint density at radius 1 is 1.64 bits per heavy atom. The molecule has 1 rings (SSSR count). The van der Waals surface area contributed by atoms with Gasteiger partial charge in [-0.15, -0.1) is 0 Å². The molecule has 2 unspecified atom stereocenters. The van der Waals surface area contributed by atoms with E-state index in [1.165, 1.54) is 0 Å². The maximum Gasteiger partial charge on any atom is 0.104 e. The molecule has 0 bridgehead atoms. The summed E-state index contributed by atoms with van der Waals surface area (Å²) in [5.74, 6) is 0.371. The van der Waals surface area contributed by atoms with Gasteiger partial charge in [0.2, 0.25) is 0 Å². The standard InChI is InChI=1S/C12H16N2.H2/c1-3-5-10(4-2)11-6-7-12(14,8-11)9-13;/h3-5,11H,1-2,6-8,14H2;1H/b10-5+;. The van der Waals surface area contributed by atoms with Gasteiger partial charge in [-0.25, -0.2) is 0 Å². The summed E-state index contributed by atoms with van der Waals surface area (Å²) >= 11 is 0. The molecular formula is C12H18N2. The zero-order chi connectivity index (χ0) is 10.6. The van der Waals surface area contributed by atoms with E-state index in [1.54, 1.807) is 6.08 Å². The largest absolute Gasteiger partial charge is 0.313 e. The lowest BCUT2D eigenvalue weighted by Gasteiger charge is -2.14. The van der Waals surface area contributed by atoms with Gasteiger partial charge in [0.1, 0.15) is 5.54 Å². The van der Waals surface area contributed by atoms with Gasteiger partial charge in [0.15, 0.2) is 0 Å². The summed E-state index contributed by atoms with van der Waals surface area (Å²) in [5.41, 5.74) is 6.40. The van der Waals surface area contributed by atoms with Crippen LogP contribution < -0.4 is 5.73 Å². The zero-order valence-corrected chi connectivity index (χ0v) is 8.37. The molecule has 1 fully saturated rings. The molecule has 0 heterocycles. The van der Waals surface area contributed by atoms with Crippen LogP contribution in [0.4, 0.5) is 0 Å². The van der Waals surface area contributed by atoms with Crippen LogP contribution in [0.15, 0.2) is 37.0 Å². The molecule has 0 amide bonds. The molecule has 14 heavy (non-hydrogen) atoms. The van der Waals surface area contributed by atoms with Gasteiger partial charge in [0, 0.05) is 1.43 Å². The van der Waals surface area contributed by atoms with Crippen molar-refractivity contribution < 1.29 is 1.43 Å². The first-order valence-corrected chi connectivity index (χ1v) is 4.80. The summed E-state index contributed by atoms with van der Waals surface area (Å²) in [6.45, 7) is 7.41. The van der Waals surface area contributed by atoms with Crippen LogP contribution in [0.5, 0.6) is 0 Å². The van der Waals surface area contributed by atoms with Crippen molar-refractivity contribution in [2.75, 3.05) is 0 Å². The quantitative estimate of drug-likeness (QED) is 0.695. The summed E-state index contributed by atoms with van der Waals surface area (Å²) < 4.78 is 0. The number of allylic oxidation sites excluding steroid dienone is 4. The van der Waals surface area contributed by atoms with Crippen LogP contribution in [0, 0.1) is 17.2 Å². The summed E-state index contributed by atoms with van der Waals surface area (Å²) in [4.78, 5) is 0. The lowest BCUT2D eigenvalue weighted by atomic mass is 9.93. The molecule has 1 aliphatic rings. The summed E-state index contributed by atoms with van der Waals surface area (Å²) in [5, 5.41) is 8.89. The van der Waals surface area contributed by atoms with Gasteiger partial charge >= 0.3 is 0 Å². The normalized spacial score (nSPS) is 32.3. The molecular weight excluding hydrogens is 172 g/mol. The smallest absolute Gasteiger partial charge is 0.104 e. The highest BCUT2D eigenvalue weighted by molar-refractivity contribution is 5.27. The third-order valence-electron chi connectivity index (χ3n) is 2.79. The second-order valence-electron chi connectivity index (χ2n) is 3.81. The minimum atomic E-state index is -0.631. The predicted octanol–water partition coefficient (Wildman–Crippen LogP) is 2.55. The first kappa shape index (κ1) is 10.7. The van der Waals surface area contributed by atoms with Crippen molar-refractivity contribution in [2.24, 2.45) is 11.7 Å². The fraction of sp³-hybridized carbons (Fsp3) is 0.417. The molecule has 1 aliphatic carbocycles. The van der Waals surface area contributed by atoms with Crippen LogP contribution in [0.3, 0.4) is 0 Å². The number of rotatable bonds is 3. The Kier molecular flexibility index (Phi) is 3.27. The van der Waals surface area contributed by atoms with Crippen molar-refractivity contribution in [3.63, 3.8) is 0 Å². The molecule has 2 N–H and O–H groups in total. The Hall–Kier alpha value is -1.33. The van der Waals surface area contributed by atoms with E-state index in [1.807, 2.05) is 12.2 Å². The fourth-order valence-electron chi connectivity index (χ4n) is 1.97.